The molecule has 0 atom stereocenters. The lowest BCUT2D eigenvalue weighted by atomic mass is 10.1. The van der Waals surface area contributed by atoms with Gasteiger partial charge in [-0.15, -0.1) is 0 Å². The van der Waals surface area contributed by atoms with Crippen LogP contribution in [0.4, 0.5) is 0 Å². The van der Waals surface area contributed by atoms with Gasteiger partial charge in [-0.1, -0.05) is 11.8 Å². The maximum Gasteiger partial charge on any atom is 0.255 e. The van der Waals surface area contributed by atoms with Crippen LogP contribution in [0.2, 0.25) is 0 Å². The zero-order valence-corrected chi connectivity index (χ0v) is 11.0. The van der Waals surface area contributed by atoms with Crippen molar-refractivity contribution in [1.82, 2.24) is 9.88 Å². The van der Waals surface area contributed by atoms with Crippen LogP contribution in [-0.2, 0) is 0 Å². The van der Waals surface area contributed by atoms with Gasteiger partial charge in [0.05, 0.1) is 24.3 Å². The van der Waals surface area contributed by atoms with E-state index in [1.54, 1.807) is 11.0 Å². The molecule has 19 heavy (non-hydrogen) atoms. The van der Waals surface area contributed by atoms with E-state index in [0.29, 0.717) is 30.6 Å². The fourth-order valence-electron chi connectivity index (χ4n) is 1.59. The average molecular weight is 262 g/mol. The summed E-state index contributed by atoms with van der Waals surface area (Å²) in [6, 6.07) is 1.62. The number of rotatable bonds is 5. The second kappa shape index (κ2) is 8.25. The number of hydrogen-bond acceptors (Lipinski definition) is 4. The van der Waals surface area contributed by atoms with E-state index in [-0.39, 0.29) is 19.1 Å². The number of hydrogen-bond donors (Lipinski definition) is 2. The molecule has 1 rings (SSSR count). The summed E-state index contributed by atoms with van der Waals surface area (Å²) in [5, 5.41) is 17.6. The predicted octanol–water partition coefficient (Wildman–Crippen LogP) is 0.270. The van der Waals surface area contributed by atoms with Crippen molar-refractivity contribution in [2.75, 3.05) is 26.3 Å². The maximum absolute atomic E-state index is 12.3. The molecule has 5 heteroatoms. The van der Waals surface area contributed by atoms with Gasteiger partial charge in [0.15, 0.2) is 0 Å². The van der Waals surface area contributed by atoms with Gasteiger partial charge in [-0.05, 0) is 13.0 Å². The zero-order valence-electron chi connectivity index (χ0n) is 11.0. The highest BCUT2D eigenvalue weighted by molar-refractivity contribution is 5.96. The second-order valence-electron chi connectivity index (χ2n) is 3.81. The second-order valence-corrected chi connectivity index (χ2v) is 3.81. The van der Waals surface area contributed by atoms with Crippen LogP contribution in [0.25, 0.3) is 0 Å². The van der Waals surface area contributed by atoms with Crippen LogP contribution in [0.15, 0.2) is 18.5 Å². The molecular weight excluding hydrogens is 244 g/mol. The van der Waals surface area contributed by atoms with Crippen LogP contribution in [0, 0.1) is 11.8 Å². The number of aliphatic hydroxyl groups is 2. The Morgan fingerprint density at radius 3 is 2.84 bits per heavy atom. The number of pyridine rings is 1. The Balaban J connectivity index is 2.99. The summed E-state index contributed by atoms with van der Waals surface area (Å²) in [5.41, 5.74) is 1.01. The average Bonchev–Trinajstić information content (AvgIpc) is 2.45. The molecule has 0 saturated carbocycles. The molecular formula is C14H18N2O3. The van der Waals surface area contributed by atoms with Gasteiger partial charge in [0.2, 0.25) is 0 Å². The number of carbonyl (C=O) groups excluding carboxylic acids is 1. The normalized spacial score (nSPS) is 9.63. The van der Waals surface area contributed by atoms with Crippen molar-refractivity contribution in [2.45, 2.75) is 13.3 Å². The fourth-order valence-corrected chi connectivity index (χ4v) is 1.59. The highest BCUT2D eigenvalue weighted by Gasteiger charge is 2.16. The molecule has 1 aromatic rings. The third kappa shape index (κ3) is 4.36. The van der Waals surface area contributed by atoms with Crippen molar-refractivity contribution in [3.63, 3.8) is 0 Å². The highest BCUT2D eigenvalue weighted by Crippen LogP contribution is 2.09. The zero-order chi connectivity index (χ0) is 14.1. The van der Waals surface area contributed by atoms with E-state index in [1.807, 2.05) is 6.92 Å². The molecule has 1 aromatic heterocycles. The first-order valence-electron chi connectivity index (χ1n) is 6.18. The Bertz CT molecular complexity index is 477. The van der Waals surface area contributed by atoms with Crippen molar-refractivity contribution >= 4 is 5.91 Å². The maximum atomic E-state index is 12.3. The van der Waals surface area contributed by atoms with Crippen LogP contribution >= 0.6 is 0 Å². The molecule has 0 fully saturated rings. The first kappa shape index (κ1) is 15.2. The number of aliphatic hydroxyl groups excluding tert-OH is 2. The fraction of sp³-hybridized carbons (Fsp3) is 0.429. The van der Waals surface area contributed by atoms with Gasteiger partial charge in [0, 0.05) is 31.9 Å². The summed E-state index contributed by atoms with van der Waals surface area (Å²) in [6.45, 7) is 2.58. The SMILES string of the molecule is CCN(CCO)C(=O)c1ccncc1C#CCCO. The van der Waals surface area contributed by atoms with Gasteiger partial charge >= 0.3 is 0 Å². The molecule has 5 nitrogen and oxygen atoms in total. The molecule has 102 valence electrons. The van der Waals surface area contributed by atoms with E-state index in [4.69, 9.17) is 10.2 Å². The van der Waals surface area contributed by atoms with Gasteiger partial charge < -0.3 is 15.1 Å². The number of carbonyl (C=O) groups is 1. The van der Waals surface area contributed by atoms with Crippen LogP contribution in [0.1, 0.15) is 29.3 Å². The number of aromatic nitrogens is 1. The van der Waals surface area contributed by atoms with Gasteiger partial charge in [-0.25, -0.2) is 0 Å². The van der Waals surface area contributed by atoms with Crippen LogP contribution in [0.3, 0.4) is 0 Å². The van der Waals surface area contributed by atoms with Crippen LogP contribution < -0.4 is 0 Å². The third-order valence-corrected chi connectivity index (χ3v) is 2.55. The smallest absolute Gasteiger partial charge is 0.255 e. The van der Waals surface area contributed by atoms with Gasteiger partial charge in [-0.2, -0.15) is 0 Å². The van der Waals surface area contributed by atoms with Crippen molar-refractivity contribution in [2.24, 2.45) is 0 Å². The van der Waals surface area contributed by atoms with E-state index in [1.165, 1.54) is 12.4 Å². The summed E-state index contributed by atoms with van der Waals surface area (Å²) in [6.07, 6.45) is 3.43. The molecule has 0 aromatic carbocycles. The molecule has 0 unspecified atom stereocenters. The molecule has 0 aliphatic carbocycles. The van der Waals surface area contributed by atoms with E-state index < -0.39 is 0 Å². The van der Waals surface area contributed by atoms with E-state index in [9.17, 15) is 4.79 Å². The topological polar surface area (TPSA) is 73.7 Å². The van der Waals surface area contributed by atoms with E-state index >= 15 is 0 Å². The monoisotopic (exact) mass is 262 g/mol. The van der Waals surface area contributed by atoms with E-state index in [2.05, 4.69) is 16.8 Å². The van der Waals surface area contributed by atoms with Crippen LogP contribution in [0.5, 0.6) is 0 Å². The van der Waals surface area contributed by atoms with Crippen molar-refractivity contribution in [1.29, 1.82) is 0 Å². The lowest BCUT2D eigenvalue weighted by Crippen LogP contribution is -2.33. The highest BCUT2D eigenvalue weighted by atomic mass is 16.3. The number of likely N-dealkylation sites (N-methyl/N-ethyl adjacent to an activating group) is 1. The molecule has 1 amide bonds. The summed E-state index contributed by atoms with van der Waals surface area (Å²) >= 11 is 0. The summed E-state index contributed by atoms with van der Waals surface area (Å²) in [5.74, 6) is 5.44. The molecule has 0 aliphatic rings. The summed E-state index contributed by atoms with van der Waals surface area (Å²) in [7, 11) is 0. The number of amides is 1. The van der Waals surface area contributed by atoms with Crippen molar-refractivity contribution in [3.05, 3.63) is 29.6 Å². The first-order valence-corrected chi connectivity index (χ1v) is 6.18. The Kier molecular flexibility index (Phi) is 6.58. The molecule has 0 bridgehead atoms. The van der Waals surface area contributed by atoms with Crippen molar-refractivity contribution < 1.29 is 15.0 Å². The lowest BCUT2D eigenvalue weighted by Gasteiger charge is -2.20. The Morgan fingerprint density at radius 1 is 1.42 bits per heavy atom. The molecule has 0 aliphatic heterocycles. The molecule has 0 spiro atoms. The minimum absolute atomic E-state index is 0.0118. The first-order chi connectivity index (χ1) is 9.24. The molecule has 0 saturated heterocycles. The van der Waals surface area contributed by atoms with E-state index in [0.717, 1.165) is 0 Å². The molecule has 2 N–H and O–H groups in total. The quantitative estimate of drug-likeness (QED) is 0.747. The third-order valence-electron chi connectivity index (χ3n) is 2.55. The Morgan fingerprint density at radius 2 is 2.21 bits per heavy atom. The summed E-state index contributed by atoms with van der Waals surface area (Å²) in [4.78, 5) is 17.8. The molecule has 1 heterocycles. The minimum Gasteiger partial charge on any atom is -0.395 e. The largest absolute Gasteiger partial charge is 0.395 e. The van der Waals surface area contributed by atoms with Crippen LogP contribution in [-0.4, -0.2) is 52.3 Å². The van der Waals surface area contributed by atoms with Gasteiger partial charge in [-0.3, -0.25) is 9.78 Å². The summed E-state index contributed by atoms with van der Waals surface area (Å²) < 4.78 is 0. The van der Waals surface area contributed by atoms with Gasteiger partial charge in [0.1, 0.15) is 0 Å². The Labute approximate surface area is 112 Å². The van der Waals surface area contributed by atoms with Gasteiger partial charge in [0.25, 0.3) is 5.91 Å². The van der Waals surface area contributed by atoms with Crippen molar-refractivity contribution in [3.8, 4) is 11.8 Å². The standard InChI is InChI=1S/C14H18N2O3/c1-2-16(8-10-18)14(19)13-6-7-15-11-12(13)5-3-4-9-17/h6-7,11,17-18H,2,4,8-10H2,1H3. The minimum atomic E-state index is -0.174. The predicted molar refractivity (Wildman–Crippen MR) is 71.5 cm³/mol. The number of nitrogens with zero attached hydrogens (tertiary/aromatic N) is 2. The Hall–Kier alpha value is -1.90. The molecule has 0 radical (unpaired) electrons. The lowest BCUT2D eigenvalue weighted by molar-refractivity contribution is 0.0731.